The van der Waals surface area contributed by atoms with Gasteiger partial charge in [-0.05, 0) is 43.5 Å². The Bertz CT molecular complexity index is 803. The first-order chi connectivity index (χ1) is 13.5. The van der Waals surface area contributed by atoms with Crippen molar-refractivity contribution in [1.82, 2.24) is 20.1 Å². The van der Waals surface area contributed by atoms with Gasteiger partial charge in [-0.2, -0.15) is 0 Å². The van der Waals surface area contributed by atoms with E-state index in [4.69, 9.17) is 16.3 Å². The second-order valence-corrected chi connectivity index (χ2v) is 8.55. The first-order valence-electron chi connectivity index (χ1n) is 9.72. The second-order valence-electron chi connectivity index (χ2n) is 7.20. The van der Waals surface area contributed by atoms with Crippen LogP contribution in [0.4, 0.5) is 0 Å². The number of nitrogens with zero attached hydrogens (tertiary/aromatic N) is 3. The first-order valence-corrected chi connectivity index (χ1v) is 11.1. The highest BCUT2D eigenvalue weighted by atomic mass is 35.5. The highest BCUT2D eigenvalue weighted by Gasteiger charge is 2.16. The predicted octanol–water partition coefficient (Wildman–Crippen LogP) is 4.29. The Labute approximate surface area is 175 Å². The van der Waals surface area contributed by atoms with Crippen molar-refractivity contribution in [1.29, 1.82) is 0 Å². The summed E-state index contributed by atoms with van der Waals surface area (Å²) in [4.78, 5) is 12.3. The Morgan fingerprint density at radius 1 is 1.29 bits per heavy atom. The molecule has 1 amide bonds. The highest BCUT2D eigenvalue weighted by molar-refractivity contribution is 7.99. The number of ether oxygens (including phenoxy) is 1. The number of hydrogen-bond acceptors (Lipinski definition) is 5. The van der Waals surface area contributed by atoms with Crippen LogP contribution in [0.25, 0.3) is 0 Å². The lowest BCUT2D eigenvalue weighted by atomic mass is 10.1. The highest BCUT2D eigenvalue weighted by Crippen LogP contribution is 2.22. The van der Waals surface area contributed by atoms with E-state index in [1.165, 1.54) is 37.4 Å². The number of carbonyl (C=O) groups excluding carboxylic acids is 1. The van der Waals surface area contributed by atoms with E-state index in [1.807, 2.05) is 36.7 Å². The summed E-state index contributed by atoms with van der Waals surface area (Å²) < 4.78 is 7.66. The third-order valence-corrected chi connectivity index (χ3v) is 6.42. The second kappa shape index (κ2) is 10.2. The van der Waals surface area contributed by atoms with Gasteiger partial charge in [0.25, 0.3) is 0 Å². The molecule has 8 heteroatoms. The standard InChI is InChI=1S/C20H27ClN4O2S/c1-14-11-16(9-10-17(14)21)27-12-18-23-24-20(25(18)2)28-13-19(26)22-15-7-5-3-4-6-8-15/h9-11,15H,3-8,12-13H2,1-2H3,(H,22,26). The van der Waals surface area contributed by atoms with E-state index in [1.54, 1.807) is 0 Å². The van der Waals surface area contributed by atoms with E-state index in [0.29, 0.717) is 34.4 Å². The Balaban J connectivity index is 1.48. The maximum absolute atomic E-state index is 12.3. The fourth-order valence-electron chi connectivity index (χ4n) is 3.27. The lowest BCUT2D eigenvalue weighted by Gasteiger charge is -2.15. The monoisotopic (exact) mass is 422 g/mol. The zero-order valence-electron chi connectivity index (χ0n) is 16.4. The molecule has 1 heterocycles. The van der Waals surface area contributed by atoms with E-state index in [9.17, 15) is 4.79 Å². The number of rotatable bonds is 7. The minimum Gasteiger partial charge on any atom is -0.486 e. The zero-order chi connectivity index (χ0) is 19.9. The SMILES string of the molecule is Cc1cc(OCc2nnc(SCC(=O)NC3CCCCCC3)n2C)ccc1Cl. The molecule has 0 spiro atoms. The number of carbonyl (C=O) groups is 1. The smallest absolute Gasteiger partial charge is 0.230 e. The average Bonchev–Trinajstić information content (AvgIpc) is 2.85. The van der Waals surface area contributed by atoms with Crippen LogP contribution in [0.3, 0.4) is 0 Å². The number of hydrogen-bond donors (Lipinski definition) is 1. The number of benzene rings is 1. The molecule has 0 saturated heterocycles. The summed E-state index contributed by atoms with van der Waals surface area (Å²) in [5.74, 6) is 1.86. The third-order valence-electron chi connectivity index (χ3n) is 4.98. The molecule has 1 N–H and O–H groups in total. The molecular formula is C20H27ClN4O2S. The van der Waals surface area contributed by atoms with Gasteiger partial charge < -0.3 is 14.6 Å². The molecule has 0 unspecified atom stereocenters. The van der Waals surface area contributed by atoms with Gasteiger partial charge in [0.15, 0.2) is 11.0 Å². The molecule has 3 rings (SSSR count). The van der Waals surface area contributed by atoms with E-state index in [-0.39, 0.29) is 5.91 Å². The van der Waals surface area contributed by atoms with Crippen LogP contribution in [0, 0.1) is 6.92 Å². The van der Waals surface area contributed by atoms with E-state index in [2.05, 4.69) is 15.5 Å². The van der Waals surface area contributed by atoms with Gasteiger partial charge in [-0.1, -0.05) is 49.0 Å². The molecule has 0 bridgehead atoms. The third kappa shape index (κ3) is 5.88. The Morgan fingerprint density at radius 2 is 2.04 bits per heavy atom. The van der Waals surface area contributed by atoms with Gasteiger partial charge in [-0.15, -0.1) is 10.2 Å². The summed E-state index contributed by atoms with van der Waals surface area (Å²) in [5, 5.41) is 13.0. The number of amides is 1. The summed E-state index contributed by atoms with van der Waals surface area (Å²) >= 11 is 7.44. The fourth-order valence-corrected chi connectivity index (χ4v) is 4.13. The van der Waals surface area contributed by atoms with Crippen LogP contribution in [0.5, 0.6) is 5.75 Å². The number of thioether (sulfide) groups is 1. The fraction of sp³-hybridized carbons (Fsp3) is 0.550. The summed E-state index contributed by atoms with van der Waals surface area (Å²) in [6.45, 7) is 2.24. The quantitative estimate of drug-likeness (QED) is 0.532. The van der Waals surface area contributed by atoms with E-state index >= 15 is 0 Å². The molecule has 1 aliphatic carbocycles. The first kappa shape index (κ1) is 21.0. The molecule has 28 heavy (non-hydrogen) atoms. The van der Waals surface area contributed by atoms with E-state index < -0.39 is 0 Å². The molecule has 1 aliphatic rings. The van der Waals surface area contributed by atoms with Gasteiger partial charge in [-0.25, -0.2) is 0 Å². The molecule has 0 radical (unpaired) electrons. The summed E-state index contributed by atoms with van der Waals surface area (Å²) in [5.41, 5.74) is 0.966. The minimum atomic E-state index is 0.0642. The van der Waals surface area contributed by atoms with Crippen molar-refractivity contribution in [3.8, 4) is 5.75 Å². The van der Waals surface area contributed by atoms with Crippen molar-refractivity contribution in [3.63, 3.8) is 0 Å². The largest absolute Gasteiger partial charge is 0.486 e. The molecule has 0 aliphatic heterocycles. The Morgan fingerprint density at radius 3 is 2.75 bits per heavy atom. The van der Waals surface area contributed by atoms with Gasteiger partial charge in [0, 0.05) is 18.1 Å². The zero-order valence-corrected chi connectivity index (χ0v) is 18.0. The summed E-state index contributed by atoms with van der Waals surface area (Å²) in [6.07, 6.45) is 7.15. The molecule has 1 aromatic heterocycles. The van der Waals surface area contributed by atoms with Crippen molar-refractivity contribution in [3.05, 3.63) is 34.6 Å². The lowest BCUT2D eigenvalue weighted by Crippen LogP contribution is -2.35. The van der Waals surface area contributed by atoms with Crippen LogP contribution >= 0.6 is 23.4 Å². The molecule has 1 saturated carbocycles. The van der Waals surface area contributed by atoms with Crippen molar-refractivity contribution in [2.75, 3.05) is 5.75 Å². The van der Waals surface area contributed by atoms with Crippen molar-refractivity contribution in [2.45, 2.75) is 63.3 Å². The van der Waals surface area contributed by atoms with Gasteiger partial charge in [0.1, 0.15) is 12.4 Å². The number of aryl methyl sites for hydroxylation is 1. The summed E-state index contributed by atoms with van der Waals surface area (Å²) in [6, 6.07) is 5.87. The molecule has 1 aromatic carbocycles. The van der Waals surface area contributed by atoms with Crippen LogP contribution in [0.1, 0.15) is 49.9 Å². The number of aromatic nitrogens is 3. The topological polar surface area (TPSA) is 69.0 Å². The Hall–Kier alpha value is -1.73. The van der Waals surface area contributed by atoms with Crippen LogP contribution in [0.2, 0.25) is 5.02 Å². The lowest BCUT2D eigenvalue weighted by molar-refractivity contribution is -0.119. The minimum absolute atomic E-state index is 0.0642. The normalized spacial score (nSPS) is 15.2. The molecular weight excluding hydrogens is 396 g/mol. The van der Waals surface area contributed by atoms with E-state index in [0.717, 1.165) is 24.2 Å². The van der Waals surface area contributed by atoms with Gasteiger partial charge in [0.05, 0.1) is 5.75 Å². The number of halogens is 1. The molecule has 2 aromatic rings. The van der Waals surface area contributed by atoms with Gasteiger partial charge in [-0.3, -0.25) is 4.79 Å². The van der Waals surface area contributed by atoms with Crippen LogP contribution < -0.4 is 10.1 Å². The predicted molar refractivity (Wildman–Crippen MR) is 112 cm³/mol. The van der Waals surface area contributed by atoms with Crippen LogP contribution in [-0.2, 0) is 18.4 Å². The van der Waals surface area contributed by atoms with Crippen LogP contribution in [0.15, 0.2) is 23.4 Å². The van der Waals surface area contributed by atoms with Gasteiger partial charge >= 0.3 is 0 Å². The van der Waals surface area contributed by atoms with Crippen molar-refractivity contribution >= 4 is 29.3 Å². The van der Waals surface area contributed by atoms with Crippen molar-refractivity contribution < 1.29 is 9.53 Å². The Kier molecular flexibility index (Phi) is 7.62. The maximum atomic E-state index is 12.3. The molecule has 6 nitrogen and oxygen atoms in total. The van der Waals surface area contributed by atoms with Crippen molar-refractivity contribution in [2.24, 2.45) is 7.05 Å². The average molecular weight is 423 g/mol. The molecule has 152 valence electrons. The van der Waals surface area contributed by atoms with Gasteiger partial charge in [0.2, 0.25) is 5.91 Å². The number of nitrogens with one attached hydrogen (secondary N) is 1. The molecule has 0 atom stereocenters. The summed E-state index contributed by atoms with van der Waals surface area (Å²) in [7, 11) is 1.89. The van der Waals surface area contributed by atoms with Crippen LogP contribution in [-0.4, -0.2) is 32.5 Å². The maximum Gasteiger partial charge on any atom is 0.230 e. The molecule has 1 fully saturated rings.